The number of amides is 1. The van der Waals surface area contributed by atoms with Crippen LogP contribution in [0, 0.1) is 11.8 Å². The van der Waals surface area contributed by atoms with E-state index in [2.05, 4.69) is 5.32 Å². The monoisotopic (exact) mass is 484 g/mol. The minimum absolute atomic E-state index is 0.0895. The third-order valence-corrected chi connectivity index (χ3v) is 6.97. The van der Waals surface area contributed by atoms with Crippen LogP contribution in [-0.4, -0.2) is 51.1 Å². The number of hydrogen-bond acceptors (Lipinski definition) is 9. The van der Waals surface area contributed by atoms with Gasteiger partial charge in [0.15, 0.2) is 23.0 Å². The molecule has 2 aromatic carbocycles. The average molecular weight is 485 g/mol. The summed E-state index contributed by atoms with van der Waals surface area (Å²) in [5.41, 5.74) is 7.91. The molecule has 1 fully saturated rings. The number of rotatable bonds is 7. The summed E-state index contributed by atoms with van der Waals surface area (Å²) in [6.45, 7) is 0.668. The van der Waals surface area contributed by atoms with Gasteiger partial charge in [0.2, 0.25) is 18.4 Å². The summed E-state index contributed by atoms with van der Waals surface area (Å²) in [7, 11) is 2.90. The number of fused-ring (bicyclic) bond motifs is 3. The largest absolute Gasteiger partial charge is 0.502 e. The first kappa shape index (κ1) is 23.1. The molecule has 2 aliphatic heterocycles. The van der Waals surface area contributed by atoms with Crippen LogP contribution in [-0.2, 0) is 14.3 Å². The second kappa shape index (κ2) is 9.18. The van der Waals surface area contributed by atoms with Crippen molar-refractivity contribution in [2.45, 2.75) is 24.8 Å². The number of cyclic esters (lactones) is 1. The summed E-state index contributed by atoms with van der Waals surface area (Å²) in [6, 6.07) is 6.65. The zero-order valence-electron chi connectivity index (χ0n) is 19.5. The molecule has 0 spiro atoms. The Kier molecular flexibility index (Phi) is 6.06. The van der Waals surface area contributed by atoms with E-state index in [1.807, 2.05) is 12.1 Å². The Labute approximate surface area is 202 Å². The fourth-order valence-electron chi connectivity index (χ4n) is 5.35. The lowest BCUT2D eigenvalue weighted by atomic mass is 9.65. The van der Waals surface area contributed by atoms with Gasteiger partial charge in [-0.05, 0) is 53.9 Å². The van der Waals surface area contributed by atoms with Crippen molar-refractivity contribution in [3.63, 3.8) is 0 Å². The van der Waals surface area contributed by atoms with Crippen LogP contribution in [0.2, 0.25) is 0 Å². The Morgan fingerprint density at radius 2 is 1.74 bits per heavy atom. The highest BCUT2D eigenvalue weighted by Crippen LogP contribution is 2.55. The Morgan fingerprint density at radius 3 is 2.37 bits per heavy atom. The van der Waals surface area contributed by atoms with Crippen LogP contribution >= 0.6 is 0 Å². The Morgan fingerprint density at radius 1 is 1.09 bits per heavy atom. The number of aromatic hydroxyl groups is 1. The molecule has 186 valence electrons. The van der Waals surface area contributed by atoms with Crippen LogP contribution in [0.15, 0.2) is 24.3 Å². The lowest BCUT2D eigenvalue weighted by molar-refractivity contribution is -0.141. The van der Waals surface area contributed by atoms with Crippen LogP contribution in [0.1, 0.15) is 41.5 Å². The first-order chi connectivity index (χ1) is 17.0. The minimum atomic E-state index is -0.582. The third kappa shape index (κ3) is 3.87. The molecule has 0 aromatic heterocycles. The number of nitrogens with two attached hydrogens (primary N) is 1. The van der Waals surface area contributed by atoms with Gasteiger partial charge in [0.25, 0.3) is 0 Å². The maximum Gasteiger partial charge on any atom is 0.310 e. The van der Waals surface area contributed by atoms with E-state index in [1.165, 1.54) is 14.2 Å². The number of benzene rings is 2. The van der Waals surface area contributed by atoms with Crippen LogP contribution in [0.25, 0.3) is 0 Å². The van der Waals surface area contributed by atoms with E-state index in [4.69, 9.17) is 29.4 Å². The Balaban J connectivity index is 1.68. The molecule has 5 rings (SSSR count). The molecule has 35 heavy (non-hydrogen) atoms. The molecule has 0 saturated carbocycles. The second-order valence-electron chi connectivity index (χ2n) is 8.84. The van der Waals surface area contributed by atoms with Gasteiger partial charge in [-0.1, -0.05) is 0 Å². The van der Waals surface area contributed by atoms with E-state index in [0.717, 1.165) is 11.1 Å². The van der Waals surface area contributed by atoms with Gasteiger partial charge < -0.3 is 39.8 Å². The normalized spacial score (nSPS) is 23.8. The number of esters is 1. The van der Waals surface area contributed by atoms with E-state index in [0.29, 0.717) is 30.0 Å². The maximum absolute atomic E-state index is 13.1. The number of hydrogen-bond donors (Lipinski definition) is 3. The molecule has 4 N–H and O–H groups in total. The van der Waals surface area contributed by atoms with Gasteiger partial charge in [0.1, 0.15) is 0 Å². The van der Waals surface area contributed by atoms with Crippen molar-refractivity contribution in [1.82, 2.24) is 5.32 Å². The summed E-state index contributed by atoms with van der Waals surface area (Å²) >= 11 is 0. The topological polar surface area (TPSA) is 139 Å². The first-order valence-electron chi connectivity index (χ1n) is 11.5. The summed E-state index contributed by atoms with van der Waals surface area (Å²) in [5, 5.41) is 13.6. The van der Waals surface area contributed by atoms with Gasteiger partial charge in [0, 0.05) is 18.3 Å². The summed E-state index contributed by atoms with van der Waals surface area (Å²) in [5.74, 6) is -0.392. The lowest BCUT2D eigenvalue weighted by Crippen LogP contribution is -2.42. The van der Waals surface area contributed by atoms with Crippen molar-refractivity contribution >= 4 is 11.9 Å². The quantitative estimate of drug-likeness (QED) is 0.504. The van der Waals surface area contributed by atoms with Crippen molar-refractivity contribution < 1.29 is 38.4 Å². The van der Waals surface area contributed by atoms with Crippen molar-refractivity contribution in [1.29, 1.82) is 0 Å². The highest BCUT2D eigenvalue weighted by molar-refractivity contribution is 5.81. The molecule has 0 bridgehead atoms. The van der Waals surface area contributed by atoms with Crippen LogP contribution < -0.4 is 30.0 Å². The standard InChI is InChI=1S/C25H28N2O8/c1-31-18-6-12(7-19(32-2)24(18)29)21-13-8-16-17(35-11-34-16)9-14(13)23(27-20(28)4-3-5-26)15-10-33-25(30)22(15)21/h6-9,15,21-23,29H,3-5,10-11,26H2,1-2H3,(H,27,28)/t15-,21?,22-,23+/m0/s1. The van der Waals surface area contributed by atoms with Crippen molar-refractivity contribution in [2.24, 2.45) is 17.6 Å². The van der Waals surface area contributed by atoms with Gasteiger partial charge in [-0.25, -0.2) is 0 Å². The summed E-state index contributed by atoms with van der Waals surface area (Å²) in [6.07, 6.45) is 0.848. The predicted octanol–water partition coefficient (Wildman–Crippen LogP) is 1.97. The molecule has 1 saturated heterocycles. The van der Waals surface area contributed by atoms with E-state index < -0.39 is 17.9 Å². The zero-order chi connectivity index (χ0) is 24.7. The zero-order valence-corrected chi connectivity index (χ0v) is 19.5. The summed E-state index contributed by atoms with van der Waals surface area (Å²) in [4.78, 5) is 25.8. The fourth-order valence-corrected chi connectivity index (χ4v) is 5.35. The van der Waals surface area contributed by atoms with Gasteiger partial charge in [-0.3, -0.25) is 9.59 Å². The molecular formula is C25H28N2O8. The molecule has 10 nitrogen and oxygen atoms in total. The third-order valence-electron chi connectivity index (χ3n) is 6.97. The molecule has 0 radical (unpaired) electrons. The van der Waals surface area contributed by atoms with E-state index in [9.17, 15) is 14.7 Å². The maximum atomic E-state index is 13.1. The number of phenolic OH excluding ortho intramolecular Hbond substituents is 1. The van der Waals surface area contributed by atoms with Crippen LogP contribution in [0.5, 0.6) is 28.7 Å². The molecule has 1 aliphatic carbocycles. The highest BCUT2D eigenvalue weighted by atomic mass is 16.7. The molecule has 10 heteroatoms. The Hall–Kier alpha value is -3.66. The van der Waals surface area contributed by atoms with Gasteiger partial charge in [0.05, 0.1) is 32.8 Å². The lowest BCUT2D eigenvalue weighted by Gasteiger charge is -2.39. The molecule has 1 unspecified atom stereocenters. The molecule has 1 amide bonds. The number of phenols is 1. The van der Waals surface area contributed by atoms with E-state index in [1.54, 1.807) is 12.1 Å². The van der Waals surface area contributed by atoms with E-state index >= 15 is 0 Å². The second-order valence-corrected chi connectivity index (χ2v) is 8.84. The molecule has 2 heterocycles. The van der Waals surface area contributed by atoms with Crippen molar-refractivity contribution in [3.8, 4) is 28.7 Å². The fraction of sp³-hybridized carbons (Fsp3) is 0.440. The average Bonchev–Trinajstić information content (AvgIpc) is 3.48. The molecule has 4 atom stereocenters. The first-order valence-corrected chi connectivity index (χ1v) is 11.5. The number of nitrogens with one attached hydrogen (secondary N) is 1. The van der Waals surface area contributed by atoms with Gasteiger partial charge >= 0.3 is 5.97 Å². The van der Waals surface area contributed by atoms with Gasteiger partial charge in [-0.15, -0.1) is 0 Å². The van der Waals surface area contributed by atoms with E-state index in [-0.39, 0.29) is 54.9 Å². The molecule has 3 aliphatic rings. The van der Waals surface area contributed by atoms with Crippen LogP contribution in [0.3, 0.4) is 0 Å². The number of carbonyl (C=O) groups excluding carboxylic acids is 2. The molecule has 2 aromatic rings. The van der Waals surface area contributed by atoms with Crippen molar-refractivity contribution in [3.05, 3.63) is 41.0 Å². The van der Waals surface area contributed by atoms with Gasteiger partial charge in [-0.2, -0.15) is 0 Å². The minimum Gasteiger partial charge on any atom is -0.502 e. The number of carbonyl (C=O) groups is 2. The highest BCUT2D eigenvalue weighted by Gasteiger charge is 2.53. The number of methoxy groups -OCH3 is 2. The Bertz CT molecular complexity index is 1140. The SMILES string of the molecule is COc1cc(C2c3cc4c(cc3[C@@H](NC(=O)CCCN)[C@H]3COC(=O)[C@H]23)OCO4)cc(OC)c1O. The number of ether oxygens (including phenoxy) is 5. The van der Waals surface area contributed by atoms with Crippen LogP contribution in [0.4, 0.5) is 0 Å². The predicted molar refractivity (Wildman–Crippen MR) is 123 cm³/mol. The van der Waals surface area contributed by atoms with Crippen molar-refractivity contribution in [2.75, 3.05) is 34.2 Å². The summed E-state index contributed by atoms with van der Waals surface area (Å²) < 4.78 is 27.5. The smallest absolute Gasteiger partial charge is 0.310 e. The molecular weight excluding hydrogens is 456 g/mol.